The molecule has 0 spiro atoms. The first-order valence-electron chi connectivity index (χ1n) is 7.83. The maximum Gasteiger partial charge on any atom is 0.263 e. The number of nitrogens with zero attached hydrogens (tertiary/aromatic N) is 2. The average Bonchev–Trinajstić information content (AvgIpc) is 2.92. The highest BCUT2D eigenvalue weighted by atomic mass is 32.2. The van der Waals surface area contributed by atoms with Crippen molar-refractivity contribution in [3.8, 4) is 11.8 Å². The Hall–Kier alpha value is -2.43. The van der Waals surface area contributed by atoms with Crippen LogP contribution >= 0.6 is 24.0 Å². The summed E-state index contributed by atoms with van der Waals surface area (Å²) in [5, 5.41) is 12.7. The predicted octanol–water partition coefficient (Wildman–Crippen LogP) is 3.77. The van der Waals surface area contributed by atoms with Gasteiger partial charge in [0.1, 0.15) is 21.7 Å². The molecule has 1 aromatic carbocycles. The van der Waals surface area contributed by atoms with Gasteiger partial charge in [0.05, 0.1) is 17.0 Å². The van der Waals surface area contributed by atoms with E-state index >= 15 is 0 Å². The molecule has 0 saturated carbocycles. The topological polar surface area (TPSA) is 75.0 Å². The summed E-state index contributed by atoms with van der Waals surface area (Å²) in [4.78, 5) is 16.7. The van der Waals surface area contributed by atoms with E-state index < -0.39 is 0 Å². The van der Waals surface area contributed by atoms with Crippen LogP contribution in [0.15, 0.2) is 29.3 Å². The van der Waals surface area contributed by atoms with Gasteiger partial charge in [0.15, 0.2) is 0 Å². The van der Waals surface area contributed by atoms with Crippen molar-refractivity contribution in [1.82, 2.24) is 10.3 Å². The lowest BCUT2D eigenvalue weighted by Crippen LogP contribution is -2.17. The molecule has 2 heterocycles. The summed E-state index contributed by atoms with van der Waals surface area (Å²) < 4.78 is 6.31. The van der Waals surface area contributed by atoms with Crippen molar-refractivity contribution in [2.24, 2.45) is 0 Å². The van der Waals surface area contributed by atoms with Crippen molar-refractivity contribution in [3.63, 3.8) is 0 Å². The smallest absolute Gasteiger partial charge is 0.263 e. The van der Waals surface area contributed by atoms with Gasteiger partial charge < -0.3 is 10.1 Å². The first-order chi connectivity index (χ1) is 12.1. The Labute approximate surface area is 155 Å². The second-order valence-electron chi connectivity index (χ2n) is 5.44. The average molecular weight is 369 g/mol. The van der Waals surface area contributed by atoms with Crippen LogP contribution in [0.2, 0.25) is 0 Å². The fraction of sp³-hybridized carbons (Fsp3) is 0.222. The summed E-state index contributed by atoms with van der Waals surface area (Å²) >= 11 is 6.24. The third-order valence-corrected chi connectivity index (χ3v) is 4.81. The molecule has 1 aromatic heterocycles. The molecule has 0 radical (unpaired) electrons. The van der Waals surface area contributed by atoms with Crippen LogP contribution in [0.3, 0.4) is 0 Å². The molecule has 1 aliphatic rings. The number of nitrogens with one attached hydrogen (secondary N) is 1. The van der Waals surface area contributed by atoms with Gasteiger partial charge in [-0.15, -0.1) is 0 Å². The number of hydrogen-bond acceptors (Lipinski definition) is 6. The van der Waals surface area contributed by atoms with Crippen LogP contribution in [0.4, 0.5) is 0 Å². The summed E-state index contributed by atoms with van der Waals surface area (Å²) in [7, 11) is 0. The molecule has 5 nitrogen and oxygen atoms in total. The Morgan fingerprint density at radius 3 is 3.00 bits per heavy atom. The number of amides is 1. The second kappa shape index (κ2) is 7.64. The first-order valence-corrected chi connectivity index (χ1v) is 9.05. The van der Waals surface area contributed by atoms with Crippen molar-refractivity contribution < 1.29 is 9.53 Å². The van der Waals surface area contributed by atoms with E-state index in [4.69, 9.17) is 17.0 Å². The monoisotopic (exact) mass is 369 g/mol. The second-order valence-corrected chi connectivity index (χ2v) is 7.16. The number of rotatable bonds is 5. The number of ether oxygens (including phenoxy) is 1. The summed E-state index contributed by atoms with van der Waals surface area (Å²) in [5.74, 6) is 0.346. The molecule has 2 aromatic rings. The zero-order chi connectivity index (χ0) is 17.8. The maximum absolute atomic E-state index is 11.8. The fourth-order valence-corrected chi connectivity index (χ4v) is 3.45. The number of benzene rings is 1. The van der Waals surface area contributed by atoms with Crippen molar-refractivity contribution in [3.05, 3.63) is 40.4 Å². The maximum atomic E-state index is 11.8. The number of carbonyl (C=O) groups is 1. The quantitative estimate of drug-likeness (QED) is 0.491. The fourth-order valence-electron chi connectivity index (χ4n) is 2.40. The number of hydrogen-bond donors (Lipinski definition) is 1. The number of aromatic nitrogens is 1. The molecule has 0 bridgehead atoms. The van der Waals surface area contributed by atoms with E-state index in [1.165, 1.54) is 18.0 Å². The van der Waals surface area contributed by atoms with Crippen LogP contribution in [-0.2, 0) is 4.79 Å². The summed E-state index contributed by atoms with van der Waals surface area (Å²) in [6.07, 6.45) is 5.22. The lowest BCUT2D eigenvalue weighted by atomic mass is 10.1. The highest BCUT2D eigenvalue weighted by Crippen LogP contribution is 2.31. The van der Waals surface area contributed by atoms with Gasteiger partial charge in [0.2, 0.25) is 0 Å². The minimum absolute atomic E-state index is 0.196. The van der Waals surface area contributed by atoms with Gasteiger partial charge in [-0.25, -0.2) is 0 Å². The van der Waals surface area contributed by atoms with E-state index in [2.05, 4.69) is 23.3 Å². The number of thioether (sulfide) groups is 1. The van der Waals surface area contributed by atoms with Gasteiger partial charge in [-0.2, -0.15) is 5.26 Å². The van der Waals surface area contributed by atoms with Gasteiger partial charge in [-0.1, -0.05) is 43.4 Å². The van der Waals surface area contributed by atoms with E-state index in [1.54, 1.807) is 6.08 Å². The Balaban J connectivity index is 2.04. The van der Waals surface area contributed by atoms with Crippen molar-refractivity contribution in [2.75, 3.05) is 6.61 Å². The zero-order valence-corrected chi connectivity index (χ0v) is 15.2. The minimum Gasteiger partial charge on any atom is -0.491 e. The third-order valence-electron chi connectivity index (χ3n) is 3.65. The first kappa shape index (κ1) is 17.4. The van der Waals surface area contributed by atoms with Crippen LogP contribution in [0.5, 0.6) is 5.75 Å². The standard InChI is InChI=1S/C18H15N3O2S2/c1-2-3-6-23-16-12(9-19)10-20-14-5-4-11(7-13(14)16)8-15-17(22)21-18(24)25-15/h4-5,7-8,10H,2-3,6H2,1H3,(H,21,22,24)/b15-8-. The molecule has 0 unspecified atom stereocenters. The van der Waals surface area contributed by atoms with Crippen LogP contribution < -0.4 is 10.1 Å². The highest BCUT2D eigenvalue weighted by molar-refractivity contribution is 8.26. The number of carbonyl (C=O) groups excluding carboxylic acids is 1. The largest absolute Gasteiger partial charge is 0.491 e. The number of fused-ring (bicyclic) bond motifs is 1. The van der Waals surface area contributed by atoms with Crippen LogP contribution in [0.25, 0.3) is 17.0 Å². The molecule has 1 N–H and O–H groups in total. The summed E-state index contributed by atoms with van der Waals surface area (Å²) in [6.45, 7) is 2.63. The molecular weight excluding hydrogens is 354 g/mol. The Bertz CT molecular complexity index is 932. The minimum atomic E-state index is -0.196. The van der Waals surface area contributed by atoms with Gasteiger partial charge in [0.25, 0.3) is 5.91 Å². The van der Waals surface area contributed by atoms with Crippen LogP contribution in [0.1, 0.15) is 30.9 Å². The van der Waals surface area contributed by atoms with E-state index in [0.29, 0.717) is 27.1 Å². The van der Waals surface area contributed by atoms with Crippen LogP contribution in [0, 0.1) is 11.3 Å². The molecule has 1 amide bonds. The zero-order valence-electron chi connectivity index (χ0n) is 13.5. The molecular formula is C18H15N3O2S2. The molecule has 3 rings (SSSR count). The summed E-state index contributed by atoms with van der Waals surface area (Å²) in [5.41, 5.74) is 1.97. The van der Waals surface area contributed by atoms with Gasteiger partial charge in [-0.3, -0.25) is 9.78 Å². The highest BCUT2D eigenvalue weighted by Gasteiger charge is 2.22. The Kier molecular flexibility index (Phi) is 5.31. The van der Waals surface area contributed by atoms with Crippen molar-refractivity contribution in [1.29, 1.82) is 5.26 Å². The molecule has 25 heavy (non-hydrogen) atoms. The molecule has 1 saturated heterocycles. The van der Waals surface area contributed by atoms with Crippen molar-refractivity contribution in [2.45, 2.75) is 19.8 Å². The Morgan fingerprint density at radius 1 is 1.48 bits per heavy atom. The lowest BCUT2D eigenvalue weighted by Gasteiger charge is -2.11. The molecule has 0 aliphatic carbocycles. The van der Waals surface area contributed by atoms with Crippen LogP contribution in [-0.4, -0.2) is 21.8 Å². The van der Waals surface area contributed by atoms with E-state index in [-0.39, 0.29) is 5.91 Å². The van der Waals surface area contributed by atoms with E-state index in [0.717, 1.165) is 29.3 Å². The number of thiocarbonyl (C=S) groups is 1. The SMILES string of the molecule is CCCCOc1c(C#N)cnc2ccc(/C=C3\SC(=S)NC3=O)cc12. The van der Waals surface area contributed by atoms with E-state index in [1.807, 2.05) is 18.2 Å². The lowest BCUT2D eigenvalue weighted by molar-refractivity contribution is -0.115. The van der Waals surface area contributed by atoms with Crippen molar-refractivity contribution >= 4 is 51.2 Å². The van der Waals surface area contributed by atoms with Gasteiger partial charge in [0, 0.05) is 11.6 Å². The molecule has 1 fully saturated rings. The molecule has 7 heteroatoms. The number of nitriles is 1. The normalized spacial score (nSPS) is 15.4. The predicted molar refractivity (Wildman–Crippen MR) is 103 cm³/mol. The number of pyridine rings is 1. The number of unbranched alkanes of at least 4 members (excludes halogenated alkanes) is 1. The third kappa shape index (κ3) is 3.81. The molecule has 126 valence electrons. The van der Waals surface area contributed by atoms with Gasteiger partial charge in [-0.05, 0) is 30.2 Å². The molecule has 0 atom stereocenters. The molecule has 1 aliphatic heterocycles. The van der Waals surface area contributed by atoms with Gasteiger partial charge >= 0.3 is 0 Å². The summed E-state index contributed by atoms with van der Waals surface area (Å²) in [6, 6.07) is 7.74. The Morgan fingerprint density at radius 2 is 2.32 bits per heavy atom. The van der Waals surface area contributed by atoms with E-state index in [9.17, 15) is 10.1 Å².